The van der Waals surface area contributed by atoms with Gasteiger partial charge in [0.2, 0.25) is 0 Å². The first-order chi connectivity index (χ1) is 10.2. The van der Waals surface area contributed by atoms with E-state index in [-0.39, 0.29) is 0 Å². The van der Waals surface area contributed by atoms with Crippen LogP contribution in [0, 0.1) is 0 Å². The quantitative estimate of drug-likeness (QED) is 0.616. The summed E-state index contributed by atoms with van der Waals surface area (Å²) in [4.78, 5) is 2.34. The van der Waals surface area contributed by atoms with Crippen LogP contribution in [0.15, 0.2) is 22.7 Å². The molecule has 0 aliphatic heterocycles. The van der Waals surface area contributed by atoms with Crippen LogP contribution >= 0.6 is 15.9 Å². The summed E-state index contributed by atoms with van der Waals surface area (Å²) in [6, 6.07) is 6.41. The molecule has 1 aromatic rings. The molecule has 0 aliphatic rings. The Labute approximate surface area is 136 Å². The zero-order chi connectivity index (χ0) is 15.5. The second-order valence-corrected chi connectivity index (χ2v) is 5.60. The van der Waals surface area contributed by atoms with Crippen LogP contribution in [-0.2, 0) is 16.0 Å². The molecule has 1 aromatic carbocycles. The van der Waals surface area contributed by atoms with Gasteiger partial charge in [0.15, 0.2) is 0 Å². The Morgan fingerprint density at radius 1 is 1.10 bits per heavy atom. The smallest absolute Gasteiger partial charge is 0.0641 e. The summed E-state index contributed by atoms with van der Waals surface area (Å²) in [6.07, 6.45) is 0. The molecule has 0 aliphatic carbocycles. The highest BCUT2D eigenvalue weighted by Gasteiger charge is 2.11. The first-order valence-electron chi connectivity index (χ1n) is 7.56. The number of nitrogens with zero attached hydrogens (tertiary/aromatic N) is 1. The van der Waals surface area contributed by atoms with Crippen molar-refractivity contribution in [2.75, 3.05) is 51.5 Å². The Hall–Kier alpha value is -0.620. The molecule has 4 nitrogen and oxygen atoms in total. The van der Waals surface area contributed by atoms with Crippen molar-refractivity contribution in [3.05, 3.63) is 28.2 Å². The van der Waals surface area contributed by atoms with Gasteiger partial charge in [-0.2, -0.15) is 0 Å². The van der Waals surface area contributed by atoms with Crippen LogP contribution in [0.25, 0.3) is 0 Å². The van der Waals surface area contributed by atoms with E-state index in [4.69, 9.17) is 9.47 Å². The van der Waals surface area contributed by atoms with E-state index in [1.807, 2.05) is 20.9 Å². The third-order valence-electron chi connectivity index (χ3n) is 3.17. The predicted octanol–water partition coefficient (Wildman–Crippen LogP) is 3.05. The van der Waals surface area contributed by atoms with Crippen molar-refractivity contribution in [3.63, 3.8) is 0 Å². The van der Waals surface area contributed by atoms with E-state index < -0.39 is 0 Å². The van der Waals surface area contributed by atoms with Crippen LogP contribution in [0.3, 0.4) is 0 Å². The van der Waals surface area contributed by atoms with Crippen molar-refractivity contribution in [2.45, 2.75) is 20.4 Å². The number of nitrogens with one attached hydrogen (secondary N) is 1. The monoisotopic (exact) mass is 358 g/mol. The van der Waals surface area contributed by atoms with Crippen molar-refractivity contribution in [3.8, 4) is 0 Å². The molecule has 1 N–H and O–H groups in total. The average molecular weight is 359 g/mol. The van der Waals surface area contributed by atoms with Gasteiger partial charge in [-0.1, -0.05) is 22.0 Å². The molecule has 0 radical (unpaired) electrons. The number of rotatable bonds is 11. The van der Waals surface area contributed by atoms with E-state index in [0.717, 1.165) is 50.5 Å². The molecule has 0 bridgehead atoms. The zero-order valence-electron chi connectivity index (χ0n) is 13.3. The SMILES string of the molecule is CCOCCN(CCOCC)c1cc(Br)ccc1CNC. The Kier molecular flexibility index (Phi) is 9.67. The molecule has 0 aromatic heterocycles. The number of benzene rings is 1. The number of halogens is 1. The minimum atomic E-state index is 0.730. The van der Waals surface area contributed by atoms with Gasteiger partial charge in [0, 0.05) is 43.0 Å². The van der Waals surface area contributed by atoms with Gasteiger partial charge in [0.25, 0.3) is 0 Å². The molecular formula is C16H27BrN2O2. The van der Waals surface area contributed by atoms with E-state index in [1.165, 1.54) is 11.3 Å². The van der Waals surface area contributed by atoms with E-state index >= 15 is 0 Å². The van der Waals surface area contributed by atoms with Crippen molar-refractivity contribution < 1.29 is 9.47 Å². The molecule has 0 saturated carbocycles. The first-order valence-corrected chi connectivity index (χ1v) is 8.35. The highest BCUT2D eigenvalue weighted by molar-refractivity contribution is 9.10. The van der Waals surface area contributed by atoms with Gasteiger partial charge in [-0.25, -0.2) is 0 Å². The summed E-state index contributed by atoms with van der Waals surface area (Å²) >= 11 is 3.57. The molecule has 1 rings (SSSR count). The average Bonchev–Trinajstić information content (AvgIpc) is 2.48. The van der Waals surface area contributed by atoms with Crippen molar-refractivity contribution in [1.82, 2.24) is 5.32 Å². The second-order valence-electron chi connectivity index (χ2n) is 4.68. The summed E-state index contributed by atoms with van der Waals surface area (Å²) in [7, 11) is 1.97. The molecule has 0 fully saturated rings. The van der Waals surface area contributed by atoms with Crippen molar-refractivity contribution in [1.29, 1.82) is 0 Å². The van der Waals surface area contributed by atoms with Gasteiger partial charge < -0.3 is 19.7 Å². The largest absolute Gasteiger partial charge is 0.380 e. The Morgan fingerprint density at radius 3 is 2.24 bits per heavy atom. The Bertz CT molecular complexity index is 392. The molecule has 0 saturated heterocycles. The van der Waals surface area contributed by atoms with Crippen molar-refractivity contribution in [2.24, 2.45) is 0 Å². The molecule has 0 unspecified atom stereocenters. The summed E-state index contributed by atoms with van der Waals surface area (Å²) in [5, 5.41) is 3.23. The van der Waals surface area contributed by atoms with Crippen LogP contribution in [0.1, 0.15) is 19.4 Å². The minimum Gasteiger partial charge on any atom is -0.380 e. The van der Waals surface area contributed by atoms with Crippen LogP contribution in [0.5, 0.6) is 0 Å². The standard InChI is InChI=1S/C16H27BrN2O2/c1-4-20-10-8-19(9-11-21-5-2)16-12-15(17)7-6-14(16)13-18-3/h6-7,12,18H,4-5,8-11,13H2,1-3H3. The molecule has 120 valence electrons. The number of hydrogen-bond acceptors (Lipinski definition) is 4. The van der Waals surface area contributed by atoms with Crippen LogP contribution in [-0.4, -0.2) is 46.6 Å². The lowest BCUT2D eigenvalue weighted by Crippen LogP contribution is -2.32. The number of ether oxygens (including phenoxy) is 2. The lowest BCUT2D eigenvalue weighted by Gasteiger charge is -2.27. The third-order valence-corrected chi connectivity index (χ3v) is 3.67. The topological polar surface area (TPSA) is 33.7 Å². The summed E-state index contributed by atoms with van der Waals surface area (Å²) in [5.41, 5.74) is 2.52. The van der Waals surface area contributed by atoms with E-state index in [2.05, 4.69) is 44.3 Å². The summed E-state index contributed by atoms with van der Waals surface area (Å²) in [6.45, 7) is 9.60. The molecule has 21 heavy (non-hydrogen) atoms. The maximum atomic E-state index is 5.51. The van der Waals surface area contributed by atoms with Gasteiger partial charge in [-0.05, 0) is 38.6 Å². The fourth-order valence-corrected chi connectivity index (χ4v) is 2.51. The van der Waals surface area contributed by atoms with E-state index in [9.17, 15) is 0 Å². The first kappa shape index (κ1) is 18.4. The second kappa shape index (κ2) is 11.0. The lowest BCUT2D eigenvalue weighted by molar-refractivity contribution is 0.141. The highest BCUT2D eigenvalue weighted by Crippen LogP contribution is 2.25. The van der Waals surface area contributed by atoms with Gasteiger partial charge >= 0.3 is 0 Å². The maximum Gasteiger partial charge on any atom is 0.0641 e. The molecule has 0 spiro atoms. The van der Waals surface area contributed by atoms with E-state index in [1.54, 1.807) is 0 Å². The van der Waals surface area contributed by atoms with Crippen LogP contribution in [0.2, 0.25) is 0 Å². The van der Waals surface area contributed by atoms with Gasteiger partial charge in [0.1, 0.15) is 0 Å². The Morgan fingerprint density at radius 2 is 1.71 bits per heavy atom. The fourth-order valence-electron chi connectivity index (χ4n) is 2.16. The summed E-state index contributed by atoms with van der Waals surface area (Å²) < 4.78 is 12.1. The van der Waals surface area contributed by atoms with E-state index in [0.29, 0.717) is 0 Å². The van der Waals surface area contributed by atoms with Crippen LogP contribution < -0.4 is 10.2 Å². The van der Waals surface area contributed by atoms with Gasteiger partial charge in [0.05, 0.1) is 13.2 Å². The normalized spacial score (nSPS) is 10.9. The summed E-state index contributed by atoms with van der Waals surface area (Å²) in [5.74, 6) is 0. The van der Waals surface area contributed by atoms with Crippen LogP contribution in [0.4, 0.5) is 5.69 Å². The molecule has 0 amide bonds. The fraction of sp³-hybridized carbons (Fsp3) is 0.625. The maximum absolute atomic E-state index is 5.51. The lowest BCUT2D eigenvalue weighted by atomic mass is 10.1. The molecule has 5 heteroatoms. The zero-order valence-corrected chi connectivity index (χ0v) is 14.9. The van der Waals surface area contributed by atoms with Gasteiger partial charge in [-0.15, -0.1) is 0 Å². The molecule has 0 heterocycles. The third kappa shape index (κ3) is 6.78. The minimum absolute atomic E-state index is 0.730. The number of hydrogen-bond donors (Lipinski definition) is 1. The predicted molar refractivity (Wildman–Crippen MR) is 92.1 cm³/mol. The molecular weight excluding hydrogens is 332 g/mol. The van der Waals surface area contributed by atoms with Gasteiger partial charge in [-0.3, -0.25) is 0 Å². The van der Waals surface area contributed by atoms with Crippen molar-refractivity contribution >= 4 is 21.6 Å². The number of anilines is 1. The molecule has 0 atom stereocenters. The Balaban J connectivity index is 2.85. The highest BCUT2D eigenvalue weighted by atomic mass is 79.9.